The highest BCUT2D eigenvalue weighted by Crippen LogP contribution is 2.18. The van der Waals surface area contributed by atoms with Crippen molar-refractivity contribution in [2.45, 2.75) is 12.8 Å². The molecule has 0 saturated carbocycles. The van der Waals surface area contributed by atoms with E-state index in [9.17, 15) is 4.79 Å². The van der Waals surface area contributed by atoms with Crippen molar-refractivity contribution in [3.63, 3.8) is 0 Å². The van der Waals surface area contributed by atoms with E-state index in [4.69, 9.17) is 4.42 Å². The highest BCUT2D eigenvalue weighted by atomic mass is 35.5. The fraction of sp³-hybridized carbons (Fsp3) is 0.500. The van der Waals surface area contributed by atoms with Gasteiger partial charge in [0.15, 0.2) is 11.7 Å². The SMILES string of the molecule is CC(=O)c1coc(C2CNC2)n1.Cl. The minimum atomic E-state index is -0.0442. The van der Waals surface area contributed by atoms with Crippen molar-refractivity contribution in [2.75, 3.05) is 13.1 Å². The van der Waals surface area contributed by atoms with Gasteiger partial charge in [-0.2, -0.15) is 0 Å². The Morgan fingerprint density at radius 3 is 2.77 bits per heavy atom. The van der Waals surface area contributed by atoms with Crippen molar-refractivity contribution < 1.29 is 9.21 Å². The van der Waals surface area contributed by atoms with E-state index in [1.165, 1.54) is 13.2 Å². The molecule has 5 heteroatoms. The van der Waals surface area contributed by atoms with Gasteiger partial charge in [0.05, 0.1) is 5.92 Å². The first kappa shape index (κ1) is 10.2. The molecule has 2 heterocycles. The lowest BCUT2D eigenvalue weighted by Gasteiger charge is -2.23. The molecule has 1 aromatic heterocycles. The van der Waals surface area contributed by atoms with E-state index in [-0.39, 0.29) is 18.2 Å². The Kier molecular flexibility index (Phi) is 3.06. The molecule has 1 aliphatic rings. The van der Waals surface area contributed by atoms with Gasteiger partial charge < -0.3 is 9.73 Å². The zero-order valence-corrected chi connectivity index (χ0v) is 8.06. The largest absolute Gasteiger partial charge is 0.448 e. The number of Topliss-reactive ketones (excluding diaryl/α,β-unsaturated/α-hetero) is 1. The molecule has 2 rings (SSSR count). The normalized spacial score (nSPS) is 16.1. The van der Waals surface area contributed by atoms with Gasteiger partial charge >= 0.3 is 0 Å². The van der Waals surface area contributed by atoms with Gasteiger partial charge in [0, 0.05) is 20.0 Å². The van der Waals surface area contributed by atoms with Gasteiger partial charge in [-0.3, -0.25) is 4.79 Å². The van der Waals surface area contributed by atoms with Crippen LogP contribution in [0.5, 0.6) is 0 Å². The maximum Gasteiger partial charge on any atom is 0.200 e. The Balaban J connectivity index is 0.000000845. The van der Waals surface area contributed by atoms with Crippen LogP contribution in [0.4, 0.5) is 0 Å². The summed E-state index contributed by atoms with van der Waals surface area (Å²) in [5, 5.41) is 3.11. The minimum absolute atomic E-state index is 0. The van der Waals surface area contributed by atoms with Gasteiger partial charge in [-0.1, -0.05) is 0 Å². The quantitative estimate of drug-likeness (QED) is 0.727. The van der Waals surface area contributed by atoms with E-state index in [0.29, 0.717) is 17.5 Å². The van der Waals surface area contributed by atoms with Crippen molar-refractivity contribution >= 4 is 18.2 Å². The number of hydrogen-bond donors (Lipinski definition) is 1. The van der Waals surface area contributed by atoms with Crippen molar-refractivity contribution in [3.05, 3.63) is 17.8 Å². The van der Waals surface area contributed by atoms with Gasteiger partial charge in [0.2, 0.25) is 0 Å². The van der Waals surface area contributed by atoms with E-state index in [2.05, 4.69) is 10.3 Å². The predicted molar refractivity (Wildman–Crippen MR) is 49.4 cm³/mol. The number of ketones is 1. The van der Waals surface area contributed by atoms with Crippen LogP contribution < -0.4 is 5.32 Å². The molecule has 0 unspecified atom stereocenters. The molecule has 13 heavy (non-hydrogen) atoms. The number of nitrogens with one attached hydrogen (secondary N) is 1. The molecule has 4 nitrogen and oxygen atoms in total. The molecule has 72 valence electrons. The van der Waals surface area contributed by atoms with E-state index in [1.807, 2.05) is 0 Å². The molecule has 0 spiro atoms. The number of halogens is 1. The Morgan fingerprint density at radius 2 is 2.38 bits per heavy atom. The van der Waals surface area contributed by atoms with Crippen LogP contribution >= 0.6 is 12.4 Å². The average molecular weight is 203 g/mol. The molecule has 0 aliphatic carbocycles. The standard InChI is InChI=1S/C8H10N2O2.ClH/c1-5(11)7-4-12-8(10-7)6-2-9-3-6;/h4,6,9H,2-3H2,1H3;1H. The average Bonchev–Trinajstić information content (AvgIpc) is 2.32. The number of oxazole rings is 1. The molecule has 1 fully saturated rings. The predicted octanol–water partition coefficient (Wildman–Crippen LogP) is 0.986. The minimum Gasteiger partial charge on any atom is -0.448 e. The summed E-state index contributed by atoms with van der Waals surface area (Å²) >= 11 is 0. The summed E-state index contributed by atoms with van der Waals surface area (Å²) in [6.07, 6.45) is 1.43. The van der Waals surface area contributed by atoms with Crippen molar-refractivity contribution in [1.29, 1.82) is 0 Å². The van der Waals surface area contributed by atoms with Gasteiger partial charge in [-0.25, -0.2) is 4.98 Å². The van der Waals surface area contributed by atoms with Crippen molar-refractivity contribution in [1.82, 2.24) is 10.3 Å². The maximum absolute atomic E-state index is 10.8. The number of rotatable bonds is 2. The first-order valence-corrected chi connectivity index (χ1v) is 3.94. The Bertz CT molecular complexity index is 307. The zero-order chi connectivity index (χ0) is 8.55. The number of hydrogen-bond acceptors (Lipinski definition) is 4. The summed E-state index contributed by atoms with van der Waals surface area (Å²) < 4.78 is 5.16. The van der Waals surface area contributed by atoms with Crippen LogP contribution in [0, 0.1) is 0 Å². The molecule has 0 aromatic carbocycles. The molecule has 1 aliphatic heterocycles. The summed E-state index contributed by atoms with van der Waals surface area (Å²) in [6.45, 7) is 3.29. The molecule has 1 saturated heterocycles. The molecule has 0 atom stereocenters. The first-order valence-electron chi connectivity index (χ1n) is 3.94. The Labute approximate surface area is 82.1 Å². The summed E-state index contributed by atoms with van der Waals surface area (Å²) in [5.41, 5.74) is 0.428. The maximum atomic E-state index is 10.8. The van der Waals surface area contributed by atoms with Gasteiger partial charge in [0.1, 0.15) is 12.0 Å². The molecule has 0 bridgehead atoms. The molecule has 1 aromatic rings. The van der Waals surface area contributed by atoms with E-state index in [1.54, 1.807) is 0 Å². The summed E-state index contributed by atoms with van der Waals surface area (Å²) in [6, 6.07) is 0. The van der Waals surface area contributed by atoms with Crippen LogP contribution in [0.2, 0.25) is 0 Å². The van der Waals surface area contributed by atoms with E-state index < -0.39 is 0 Å². The monoisotopic (exact) mass is 202 g/mol. The third-order valence-corrected chi connectivity index (χ3v) is 2.01. The summed E-state index contributed by atoms with van der Waals surface area (Å²) in [4.78, 5) is 14.9. The van der Waals surface area contributed by atoms with Gasteiger partial charge in [-0.15, -0.1) is 12.4 Å². The van der Waals surface area contributed by atoms with Crippen LogP contribution in [0.15, 0.2) is 10.7 Å². The third-order valence-electron chi connectivity index (χ3n) is 2.01. The van der Waals surface area contributed by atoms with Crippen LogP contribution in [0.1, 0.15) is 29.2 Å². The second kappa shape index (κ2) is 3.89. The molecular formula is C8H11ClN2O2. The van der Waals surface area contributed by atoms with Crippen LogP contribution in [0.3, 0.4) is 0 Å². The Hall–Kier alpha value is -0.870. The molecular weight excluding hydrogens is 192 g/mol. The lowest BCUT2D eigenvalue weighted by atomic mass is 10.0. The topological polar surface area (TPSA) is 55.1 Å². The van der Waals surface area contributed by atoms with Crippen LogP contribution in [-0.2, 0) is 0 Å². The lowest BCUT2D eigenvalue weighted by molar-refractivity contribution is 0.101. The van der Waals surface area contributed by atoms with Crippen LogP contribution in [0.25, 0.3) is 0 Å². The van der Waals surface area contributed by atoms with Crippen molar-refractivity contribution in [3.8, 4) is 0 Å². The van der Waals surface area contributed by atoms with Gasteiger partial charge in [0.25, 0.3) is 0 Å². The van der Waals surface area contributed by atoms with Gasteiger partial charge in [-0.05, 0) is 0 Å². The molecule has 0 amide bonds. The molecule has 0 radical (unpaired) electrons. The number of carbonyl (C=O) groups excluding carboxylic acids is 1. The Morgan fingerprint density at radius 1 is 1.69 bits per heavy atom. The van der Waals surface area contributed by atoms with E-state index >= 15 is 0 Å². The summed E-state index contributed by atoms with van der Waals surface area (Å²) in [7, 11) is 0. The second-order valence-corrected chi connectivity index (χ2v) is 2.98. The molecule has 1 N–H and O–H groups in total. The fourth-order valence-electron chi connectivity index (χ4n) is 1.10. The lowest BCUT2D eigenvalue weighted by Crippen LogP contribution is -2.40. The third kappa shape index (κ3) is 1.89. The second-order valence-electron chi connectivity index (χ2n) is 2.98. The number of carbonyl (C=O) groups is 1. The smallest absolute Gasteiger partial charge is 0.200 e. The van der Waals surface area contributed by atoms with Crippen LogP contribution in [-0.4, -0.2) is 23.9 Å². The zero-order valence-electron chi connectivity index (χ0n) is 7.24. The summed E-state index contributed by atoms with van der Waals surface area (Å²) in [5.74, 6) is 0.995. The first-order chi connectivity index (χ1) is 5.77. The highest BCUT2D eigenvalue weighted by Gasteiger charge is 2.24. The van der Waals surface area contributed by atoms with Crippen molar-refractivity contribution in [2.24, 2.45) is 0 Å². The highest BCUT2D eigenvalue weighted by molar-refractivity contribution is 5.91. The number of nitrogens with zero attached hydrogens (tertiary/aromatic N) is 1. The van der Waals surface area contributed by atoms with E-state index in [0.717, 1.165) is 13.1 Å². The fourth-order valence-corrected chi connectivity index (χ4v) is 1.10. The number of aromatic nitrogens is 1.